The van der Waals surface area contributed by atoms with E-state index in [9.17, 15) is 4.79 Å². The average molecular weight is 267 g/mol. The molecule has 2 aromatic rings. The Labute approximate surface area is 109 Å². The number of aromatic nitrogens is 3. The fraction of sp³-hybridized carbons (Fsp3) is 0.500. The maximum Gasteiger partial charge on any atom is 0.251 e. The van der Waals surface area contributed by atoms with Gasteiger partial charge in [-0.2, -0.15) is 5.10 Å². The molecule has 0 radical (unpaired) electrons. The monoisotopic (exact) mass is 266 g/mol. The van der Waals surface area contributed by atoms with Gasteiger partial charge in [0.05, 0.1) is 11.9 Å². The summed E-state index contributed by atoms with van der Waals surface area (Å²) in [4.78, 5) is 14.4. The summed E-state index contributed by atoms with van der Waals surface area (Å²) in [5.41, 5.74) is 1.42. The third-order valence-electron chi connectivity index (χ3n) is 3.53. The summed E-state index contributed by atoms with van der Waals surface area (Å²) >= 11 is 6.02. The SMILES string of the molecule is C[C@H]1C[C@H](c2cc(=O)[nH]c3c(Cl)cnn23)CCN1. The molecule has 0 amide bonds. The number of nitrogens with zero attached hydrogens (tertiary/aromatic N) is 2. The minimum atomic E-state index is -0.119. The van der Waals surface area contributed by atoms with Crippen molar-refractivity contribution in [3.05, 3.63) is 33.3 Å². The number of nitrogens with one attached hydrogen (secondary N) is 2. The molecule has 1 aliphatic heterocycles. The average Bonchev–Trinajstić information content (AvgIpc) is 2.70. The van der Waals surface area contributed by atoms with E-state index in [2.05, 4.69) is 22.3 Å². The summed E-state index contributed by atoms with van der Waals surface area (Å²) in [5.74, 6) is 0.349. The van der Waals surface area contributed by atoms with Crippen LogP contribution >= 0.6 is 11.6 Å². The molecular weight excluding hydrogens is 252 g/mol. The molecule has 2 aromatic heterocycles. The first-order valence-electron chi connectivity index (χ1n) is 6.15. The highest BCUT2D eigenvalue weighted by Crippen LogP contribution is 2.27. The number of hydrogen-bond donors (Lipinski definition) is 2. The first-order chi connectivity index (χ1) is 8.65. The highest BCUT2D eigenvalue weighted by molar-refractivity contribution is 6.33. The van der Waals surface area contributed by atoms with E-state index in [-0.39, 0.29) is 5.56 Å². The molecule has 5 nitrogen and oxygen atoms in total. The van der Waals surface area contributed by atoms with Crippen molar-refractivity contribution < 1.29 is 0 Å². The van der Waals surface area contributed by atoms with Crippen LogP contribution < -0.4 is 10.9 Å². The zero-order valence-electron chi connectivity index (χ0n) is 10.1. The van der Waals surface area contributed by atoms with Gasteiger partial charge in [-0.25, -0.2) is 4.52 Å². The molecule has 3 rings (SSSR count). The molecule has 0 aliphatic carbocycles. The Balaban J connectivity index is 2.13. The lowest BCUT2D eigenvalue weighted by Gasteiger charge is -2.28. The summed E-state index contributed by atoms with van der Waals surface area (Å²) in [6.07, 6.45) is 3.59. The van der Waals surface area contributed by atoms with Gasteiger partial charge in [0.25, 0.3) is 5.56 Å². The van der Waals surface area contributed by atoms with Crippen molar-refractivity contribution in [3.8, 4) is 0 Å². The predicted molar refractivity (Wildman–Crippen MR) is 70.3 cm³/mol. The minimum absolute atomic E-state index is 0.119. The number of fused-ring (bicyclic) bond motifs is 1. The first kappa shape index (κ1) is 11.7. The molecule has 1 aliphatic rings. The van der Waals surface area contributed by atoms with E-state index in [1.54, 1.807) is 16.8 Å². The van der Waals surface area contributed by atoms with Crippen LogP contribution in [0, 0.1) is 0 Å². The topological polar surface area (TPSA) is 62.2 Å². The van der Waals surface area contributed by atoms with Crippen LogP contribution in [0.1, 0.15) is 31.4 Å². The van der Waals surface area contributed by atoms with Gasteiger partial charge in [0.2, 0.25) is 0 Å². The zero-order valence-corrected chi connectivity index (χ0v) is 10.9. The quantitative estimate of drug-likeness (QED) is 0.823. The summed E-state index contributed by atoms with van der Waals surface area (Å²) in [6, 6.07) is 2.10. The van der Waals surface area contributed by atoms with Crippen LogP contribution in [0.2, 0.25) is 5.02 Å². The van der Waals surface area contributed by atoms with Gasteiger partial charge in [-0.3, -0.25) is 4.79 Å². The number of rotatable bonds is 1. The summed E-state index contributed by atoms with van der Waals surface area (Å²) in [6.45, 7) is 3.13. The number of hydrogen-bond acceptors (Lipinski definition) is 3. The smallest absolute Gasteiger partial charge is 0.251 e. The van der Waals surface area contributed by atoms with Crippen LogP contribution in [0.25, 0.3) is 5.65 Å². The van der Waals surface area contributed by atoms with Crippen molar-refractivity contribution in [3.63, 3.8) is 0 Å². The van der Waals surface area contributed by atoms with Gasteiger partial charge < -0.3 is 10.3 Å². The van der Waals surface area contributed by atoms with Crippen LogP contribution in [-0.4, -0.2) is 27.2 Å². The zero-order chi connectivity index (χ0) is 12.7. The fourth-order valence-corrected chi connectivity index (χ4v) is 2.85. The Morgan fingerprint density at radius 1 is 1.56 bits per heavy atom. The molecule has 3 heterocycles. The standard InChI is InChI=1S/C12H15ClN4O/c1-7-4-8(2-3-14-7)10-5-11(18)16-12-9(13)6-15-17(10)12/h5-8,14H,2-4H2,1H3,(H,16,18)/t7-,8+/m0/s1. The van der Waals surface area contributed by atoms with Crippen LogP contribution in [0.3, 0.4) is 0 Å². The summed E-state index contributed by atoms with van der Waals surface area (Å²) in [5, 5.41) is 8.14. The molecular formula is C12H15ClN4O. The van der Waals surface area contributed by atoms with E-state index in [0.29, 0.717) is 22.6 Å². The van der Waals surface area contributed by atoms with E-state index in [4.69, 9.17) is 11.6 Å². The summed E-state index contributed by atoms with van der Waals surface area (Å²) < 4.78 is 1.76. The van der Waals surface area contributed by atoms with Gasteiger partial charge in [-0.1, -0.05) is 11.6 Å². The highest BCUT2D eigenvalue weighted by Gasteiger charge is 2.23. The summed E-state index contributed by atoms with van der Waals surface area (Å²) in [7, 11) is 0. The van der Waals surface area contributed by atoms with Crippen molar-refractivity contribution in [1.29, 1.82) is 0 Å². The van der Waals surface area contributed by atoms with Crippen molar-refractivity contribution in [2.75, 3.05) is 6.54 Å². The van der Waals surface area contributed by atoms with E-state index in [1.165, 1.54) is 0 Å². The number of piperidine rings is 1. The molecule has 0 saturated carbocycles. The van der Waals surface area contributed by atoms with Crippen molar-refractivity contribution >= 4 is 17.2 Å². The van der Waals surface area contributed by atoms with Crippen molar-refractivity contribution in [2.45, 2.75) is 31.7 Å². The number of aromatic amines is 1. The Morgan fingerprint density at radius 3 is 3.17 bits per heavy atom. The molecule has 0 spiro atoms. The molecule has 0 bridgehead atoms. The molecule has 0 aromatic carbocycles. The molecule has 2 atom stereocenters. The minimum Gasteiger partial charge on any atom is -0.314 e. The fourth-order valence-electron chi connectivity index (χ4n) is 2.68. The van der Waals surface area contributed by atoms with E-state index in [0.717, 1.165) is 25.1 Å². The second kappa shape index (κ2) is 4.40. The third kappa shape index (κ3) is 1.93. The van der Waals surface area contributed by atoms with Gasteiger partial charge in [-0.05, 0) is 26.3 Å². The van der Waals surface area contributed by atoms with Gasteiger partial charge in [0.15, 0.2) is 5.65 Å². The second-order valence-corrected chi connectivity index (χ2v) is 5.30. The first-order valence-corrected chi connectivity index (χ1v) is 6.53. The van der Waals surface area contributed by atoms with Gasteiger partial charge in [0, 0.05) is 18.0 Å². The Bertz CT molecular complexity index is 633. The van der Waals surface area contributed by atoms with Crippen LogP contribution in [0.15, 0.2) is 17.1 Å². The maximum absolute atomic E-state index is 11.7. The second-order valence-electron chi connectivity index (χ2n) is 4.89. The molecule has 18 heavy (non-hydrogen) atoms. The Hall–Kier alpha value is -1.33. The largest absolute Gasteiger partial charge is 0.314 e. The van der Waals surface area contributed by atoms with Crippen molar-refractivity contribution in [2.24, 2.45) is 0 Å². The van der Waals surface area contributed by atoms with Crippen LogP contribution in [-0.2, 0) is 0 Å². The third-order valence-corrected chi connectivity index (χ3v) is 3.81. The van der Waals surface area contributed by atoms with Gasteiger partial charge in [-0.15, -0.1) is 0 Å². The lowest BCUT2D eigenvalue weighted by molar-refractivity contribution is 0.372. The normalized spacial score (nSPS) is 24.6. The molecule has 2 N–H and O–H groups in total. The predicted octanol–water partition coefficient (Wildman–Crippen LogP) is 1.53. The molecule has 0 unspecified atom stereocenters. The Kier molecular flexibility index (Phi) is 2.87. The van der Waals surface area contributed by atoms with E-state index in [1.807, 2.05) is 0 Å². The highest BCUT2D eigenvalue weighted by atomic mass is 35.5. The van der Waals surface area contributed by atoms with Crippen LogP contribution in [0.4, 0.5) is 0 Å². The van der Waals surface area contributed by atoms with Gasteiger partial charge in [0.1, 0.15) is 5.02 Å². The molecule has 1 fully saturated rings. The van der Waals surface area contributed by atoms with Crippen molar-refractivity contribution in [1.82, 2.24) is 19.9 Å². The van der Waals surface area contributed by atoms with Gasteiger partial charge >= 0.3 is 0 Å². The molecule has 96 valence electrons. The number of H-pyrrole nitrogens is 1. The Morgan fingerprint density at radius 2 is 2.39 bits per heavy atom. The maximum atomic E-state index is 11.7. The lowest BCUT2D eigenvalue weighted by atomic mass is 9.90. The molecule has 1 saturated heterocycles. The van der Waals surface area contributed by atoms with E-state index >= 15 is 0 Å². The van der Waals surface area contributed by atoms with E-state index < -0.39 is 0 Å². The van der Waals surface area contributed by atoms with Crippen LogP contribution in [0.5, 0.6) is 0 Å². The number of halogens is 1. The lowest BCUT2D eigenvalue weighted by Crippen LogP contribution is -2.35. The molecule has 6 heteroatoms.